The number of aryl methyl sites for hydroxylation is 1. The molecule has 0 spiro atoms. The summed E-state index contributed by atoms with van der Waals surface area (Å²) in [6, 6.07) is 5.93. The predicted octanol–water partition coefficient (Wildman–Crippen LogP) is 2.59. The van der Waals surface area contributed by atoms with Crippen molar-refractivity contribution in [3.63, 3.8) is 0 Å². The van der Waals surface area contributed by atoms with Crippen molar-refractivity contribution in [1.82, 2.24) is 4.98 Å². The minimum Gasteiger partial charge on any atom is -0.311 e. The van der Waals surface area contributed by atoms with E-state index in [0.717, 1.165) is 20.9 Å². The number of nitrogens with zero attached hydrogens (tertiary/aromatic N) is 2. The molecule has 0 N–H and O–H groups in total. The zero-order chi connectivity index (χ0) is 12.7. The number of amides is 1. The Hall–Kier alpha value is -1.86. The first-order valence-electron chi connectivity index (χ1n) is 5.81. The van der Waals surface area contributed by atoms with Crippen LogP contribution in [0.15, 0.2) is 18.2 Å². The topological polar surface area (TPSA) is 33.2 Å². The van der Waals surface area contributed by atoms with Crippen LogP contribution >= 0.6 is 11.3 Å². The highest BCUT2D eigenvalue weighted by Crippen LogP contribution is 2.30. The number of hydrogen-bond donors (Lipinski definition) is 0. The first-order valence-corrected chi connectivity index (χ1v) is 6.62. The Labute approximate surface area is 109 Å². The first kappa shape index (κ1) is 11.2. The lowest BCUT2D eigenvalue weighted by atomic mass is 10.1. The van der Waals surface area contributed by atoms with Crippen molar-refractivity contribution in [2.75, 3.05) is 11.4 Å². The summed E-state index contributed by atoms with van der Waals surface area (Å²) < 4.78 is 1.11. The van der Waals surface area contributed by atoms with Crippen molar-refractivity contribution >= 4 is 33.1 Å². The molecular formula is C14H12N2OS. The van der Waals surface area contributed by atoms with E-state index in [-0.39, 0.29) is 11.8 Å². The van der Waals surface area contributed by atoms with Crippen molar-refractivity contribution in [2.45, 2.75) is 13.3 Å². The number of hydrogen-bond acceptors (Lipinski definition) is 3. The molecule has 3 nitrogen and oxygen atoms in total. The monoisotopic (exact) mass is 256 g/mol. The van der Waals surface area contributed by atoms with Crippen LogP contribution in [-0.4, -0.2) is 17.4 Å². The fraction of sp³-hybridized carbons (Fsp3) is 0.286. The van der Waals surface area contributed by atoms with Gasteiger partial charge in [0.1, 0.15) is 0 Å². The van der Waals surface area contributed by atoms with E-state index < -0.39 is 0 Å². The van der Waals surface area contributed by atoms with Gasteiger partial charge >= 0.3 is 0 Å². The fourth-order valence-corrected chi connectivity index (χ4v) is 3.13. The minimum atomic E-state index is 0.0383. The van der Waals surface area contributed by atoms with E-state index in [1.807, 2.05) is 25.1 Å². The second-order valence-electron chi connectivity index (χ2n) is 4.46. The molecule has 1 saturated heterocycles. The normalized spacial score (nSPS) is 19.4. The summed E-state index contributed by atoms with van der Waals surface area (Å²) >= 11 is 1.64. The highest BCUT2D eigenvalue weighted by Gasteiger charge is 2.29. The molecule has 1 atom stereocenters. The highest BCUT2D eigenvalue weighted by molar-refractivity contribution is 7.18. The molecule has 1 amide bonds. The number of carbonyl (C=O) groups is 1. The zero-order valence-electron chi connectivity index (χ0n) is 10.0. The molecule has 0 aliphatic carbocycles. The number of rotatable bonds is 1. The SMILES string of the molecule is C#CC1CC(=O)N(c2ccc3nc(C)sc3c2)C1. The number of terminal acetylenes is 1. The Kier molecular flexibility index (Phi) is 2.57. The van der Waals surface area contributed by atoms with E-state index in [4.69, 9.17) is 6.42 Å². The maximum Gasteiger partial charge on any atom is 0.228 e. The van der Waals surface area contributed by atoms with Gasteiger partial charge in [0.2, 0.25) is 5.91 Å². The van der Waals surface area contributed by atoms with E-state index >= 15 is 0 Å². The van der Waals surface area contributed by atoms with Gasteiger partial charge in [0.05, 0.1) is 15.2 Å². The maximum atomic E-state index is 11.9. The number of thiazole rings is 1. The minimum absolute atomic E-state index is 0.0383. The predicted molar refractivity (Wildman–Crippen MR) is 73.7 cm³/mol. The molecule has 1 aromatic carbocycles. The van der Waals surface area contributed by atoms with Crippen LogP contribution in [0.3, 0.4) is 0 Å². The summed E-state index contributed by atoms with van der Waals surface area (Å²) in [5.41, 5.74) is 1.91. The molecule has 1 unspecified atom stereocenters. The molecular weight excluding hydrogens is 244 g/mol. The van der Waals surface area contributed by atoms with Gasteiger partial charge in [-0.15, -0.1) is 23.7 Å². The number of carbonyl (C=O) groups excluding carboxylic acids is 1. The molecule has 0 radical (unpaired) electrons. The molecule has 3 rings (SSSR count). The Morgan fingerprint density at radius 3 is 3.11 bits per heavy atom. The highest BCUT2D eigenvalue weighted by atomic mass is 32.1. The van der Waals surface area contributed by atoms with Gasteiger partial charge in [-0.1, -0.05) is 0 Å². The Morgan fingerprint density at radius 2 is 2.39 bits per heavy atom. The van der Waals surface area contributed by atoms with Gasteiger partial charge in [-0.05, 0) is 25.1 Å². The summed E-state index contributed by atoms with van der Waals surface area (Å²) in [7, 11) is 0. The lowest BCUT2D eigenvalue weighted by Crippen LogP contribution is -2.24. The molecule has 0 saturated carbocycles. The molecule has 0 bridgehead atoms. The van der Waals surface area contributed by atoms with Gasteiger partial charge in [-0.25, -0.2) is 4.98 Å². The van der Waals surface area contributed by atoms with E-state index in [1.54, 1.807) is 16.2 Å². The number of benzene rings is 1. The van der Waals surface area contributed by atoms with E-state index in [2.05, 4.69) is 10.9 Å². The largest absolute Gasteiger partial charge is 0.311 e. The molecule has 1 aromatic heterocycles. The van der Waals surface area contributed by atoms with Gasteiger partial charge < -0.3 is 4.90 Å². The van der Waals surface area contributed by atoms with Gasteiger partial charge in [0.25, 0.3) is 0 Å². The van der Waals surface area contributed by atoms with Crippen LogP contribution < -0.4 is 4.90 Å². The molecule has 2 heterocycles. The van der Waals surface area contributed by atoms with Gasteiger partial charge in [-0.2, -0.15) is 0 Å². The average molecular weight is 256 g/mol. The van der Waals surface area contributed by atoms with Gasteiger partial charge in [0.15, 0.2) is 0 Å². The van der Waals surface area contributed by atoms with Crippen molar-refractivity contribution in [3.05, 3.63) is 23.2 Å². The van der Waals surface area contributed by atoms with Gasteiger partial charge in [-0.3, -0.25) is 4.79 Å². The molecule has 1 aliphatic rings. The third-order valence-corrected chi connectivity index (χ3v) is 4.08. The molecule has 4 heteroatoms. The third-order valence-electron chi connectivity index (χ3n) is 3.15. The smallest absolute Gasteiger partial charge is 0.228 e. The lowest BCUT2D eigenvalue weighted by Gasteiger charge is -2.15. The zero-order valence-corrected chi connectivity index (χ0v) is 10.8. The molecule has 1 aliphatic heterocycles. The van der Waals surface area contributed by atoms with E-state index in [1.165, 1.54) is 0 Å². The third kappa shape index (κ3) is 1.77. The average Bonchev–Trinajstić information content (AvgIpc) is 2.89. The second-order valence-corrected chi connectivity index (χ2v) is 5.69. The van der Waals surface area contributed by atoms with Crippen molar-refractivity contribution < 1.29 is 4.79 Å². The van der Waals surface area contributed by atoms with Crippen LogP contribution in [0.25, 0.3) is 10.2 Å². The molecule has 2 aromatic rings. The Bertz CT molecular complexity index is 668. The quantitative estimate of drug-likeness (QED) is 0.735. The van der Waals surface area contributed by atoms with Crippen molar-refractivity contribution in [3.8, 4) is 12.3 Å². The Balaban J connectivity index is 1.99. The van der Waals surface area contributed by atoms with E-state index in [9.17, 15) is 4.79 Å². The van der Waals surface area contributed by atoms with Crippen LogP contribution in [0, 0.1) is 25.2 Å². The summed E-state index contributed by atoms with van der Waals surface area (Å²) in [6.45, 7) is 2.61. The molecule has 90 valence electrons. The summed E-state index contributed by atoms with van der Waals surface area (Å²) in [6.07, 6.45) is 5.85. The Morgan fingerprint density at radius 1 is 1.56 bits per heavy atom. The van der Waals surface area contributed by atoms with Gasteiger partial charge in [0, 0.05) is 24.6 Å². The standard InChI is InChI=1S/C14H12N2OS/c1-3-10-6-14(17)16(8-10)11-4-5-12-13(7-11)18-9(2)15-12/h1,4-5,7,10H,6,8H2,2H3. The van der Waals surface area contributed by atoms with Crippen LogP contribution in [0.5, 0.6) is 0 Å². The number of fused-ring (bicyclic) bond motifs is 1. The fourth-order valence-electron chi connectivity index (χ4n) is 2.27. The number of aromatic nitrogens is 1. The lowest BCUT2D eigenvalue weighted by molar-refractivity contribution is -0.117. The molecule has 18 heavy (non-hydrogen) atoms. The first-order chi connectivity index (χ1) is 8.67. The van der Waals surface area contributed by atoms with Crippen LogP contribution in [0.1, 0.15) is 11.4 Å². The van der Waals surface area contributed by atoms with Crippen LogP contribution in [0.2, 0.25) is 0 Å². The van der Waals surface area contributed by atoms with Crippen molar-refractivity contribution in [2.24, 2.45) is 5.92 Å². The summed E-state index contributed by atoms with van der Waals surface area (Å²) in [5.74, 6) is 2.81. The van der Waals surface area contributed by atoms with Crippen LogP contribution in [-0.2, 0) is 4.79 Å². The molecule has 1 fully saturated rings. The summed E-state index contributed by atoms with van der Waals surface area (Å²) in [5, 5.41) is 1.04. The van der Waals surface area contributed by atoms with E-state index in [0.29, 0.717) is 13.0 Å². The second kappa shape index (κ2) is 4.11. The number of anilines is 1. The van der Waals surface area contributed by atoms with Crippen molar-refractivity contribution in [1.29, 1.82) is 0 Å². The maximum absolute atomic E-state index is 11.9. The summed E-state index contributed by atoms with van der Waals surface area (Å²) in [4.78, 5) is 18.1. The van der Waals surface area contributed by atoms with Crippen LogP contribution in [0.4, 0.5) is 5.69 Å².